The minimum atomic E-state index is -0.964. The van der Waals surface area contributed by atoms with E-state index >= 15 is 0 Å². The summed E-state index contributed by atoms with van der Waals surface area (Å²) < 4.78 is 5.74. The first-order chi connectivity index (χ1) is 10.7. The van der Waals surface area contributed by atoms with Crippen molar-refractivity contribution in [2.45, 2.75) is 39.0 Å². The number of nitrogens with zero attached hydrogens (tertiary/aromatic N) is 3. The summed E-state index contributed by atoms with van der Waals surface area (Å²) in [4.78, 5) is 31.8. The predicted octanol–water partition coefficient (Wildman–Crippen LogP) is 2.30. The Morgan fingerprint density at radius 2 is 2.17 bits per heavy atom. The number of halogens is 1. The number of carboxylic acid groups (broad SMARTS) is 1. The van der Waals surface area contributed by atoms with Crippen LogP contribution in [0.15, 0.2) is 6.20 Å². The van der Waals surface area contributed by atoms with Crippen LogP contribution in [0.1, 0.15) is 25.6 Å². The molecule has 0 aliphatic carbocycles. The normalized spacial score (nSPS) is 19.7. The number of carbonyl (C=O) groups excluding carboxylic acids is 1. The zero-order valence-corrected chi connectivity index (χ0v) is 14.9. The molecule has 1 N–H and O–H groups in total. The number of ether oxygens (including phenoxy) is 1. The summed E-state index contributed by atoms with van der Waals surface area (Å²) in [6.45, 7) is 6.76. The van der Waals surface area contributed by atoms with Crippen LogP contribution < -0.4 is 0 Å². The third-order valence-corrected chi connectivity index (χ3v) is 4.41. The summed E-state index contributed by atoms with van der Waals surface area (Å²) in [5, 5.41) is 9.47. The fourth-order valence-electron chi connectivity index (χ4n) is 2.29. The lowest BCUT2D eigenvalue weighted by Gasteiger charge is -2.39. The molecule has 23 heavy (non-hydrogen) atoms. The average molecular weight is 362 g/mol. The maximum absolute atomic E-state index is 12.1. The van der Waals surface area contributed by atoms with Crippen molar-refractivity contribution >= 4 is 35.0 Å². The average Bonchev–Trinajstić information content (AvgIpc) is 2.82. The van der Waals surface area contributed by atoms with Gasteiger partial charge in [-0.05, 0) is 20.8 Å². The summed E-state index contributed by atoms with van der Waals surface area (Å²) in [6.07, 6.45) is 1.16. The molecular formula is C14H20ClN3O4S. The van der Waals surface area contributed by atoms with Crippen LogP contribution in [0.2, 0.25) is 4.47 Å². The first-order valence-corrected chi connectivity index (χ1v) is 8.40. The van der Waals surface area contributed by atoms with Crippen LogP contribution in [0.5, 0.6) is 0 Å². The summed E-state index contributed by atoms with van der Waals surface area (Å²) in [7, 11) is 0. The van der Waals surface area contributed by atoms with Crippen molar-refractivity contribution in [1.29, 1.82) is 0 Å². The number of hydrogen-bond donors (Lipinski definition) is 1. The molecule has 1 saturated heterocycles. The molecule has 0 bridgehead atoms. The van der Waals surface area contributed by atoms with E-state index in [1.54, 1.807) is 27.0 Å². The zero-order chi connectivity index (χ0) is 17.2. The molecule has 1 atom stereocenters. The first-order valence-electron chi connectivity index (χ1n) is 7.21. The van der Waals surface area contributed by atoms with Crippen molar-refractivity contribution < 1.29 is 19.4 Å². The van der Waals surface area contributed by atoms with E-state index in [0.29, 0.717) is 24.1 Å². The Morgan fingerprint density at radius 1 is 1.48 bits per heavy atom. The van der Waals surface area contributed by atoms with Crippen molar-refractivity contribution in [3.8, 4) is 0 Å². The van der Waals surface area contributed by atoms with Crippen LogP contribution in [0.4, 0.5) is 4.79 Å². The minimum absolute atomic E-state index is 0.0940. The summed E-state index contributed by atoms with van der Waals surface area (Å²) in [5.41, 5.74) is -0.605. The maximum Gasteiger partial charge on any atom is 0.410 e. The number of piperazine rings is 1. The molecule has 128 valence electrons. The Morgan fingerprint density at radius 3 is 2.70 bits per heavy atom. The quantitative estimate of drug-likeness (QED) is 0.889. The van der Waals surface area contributed by atoms with E-state index in [9.17, 15) is 14.7 Å². The number of aliphatic carboxylic acids is 1. The van der Waals surface area contributed by atoms with Crippen LogP contribution in [0, 0.1) is 0 Å². The maximum atomic E-state index is 12.1. The fourth-order valence-corrected chi connectivity index (χ4v) is 3.30. The third-order valence-electron chi connectivity index (χ3n) is 3.31. The number of rotatable bonds is 3. The second kappa shape index (κ2) is 7.02. The van der Waals surface area contributed by atoms with Crippen molar-refractivity contribution in [2.75, 3.05) is 19.6 Å². The van der Waals surface area contributed by atoms with Crippen LogP contribution >= 0.6 is 22.9 Å². The van der Waals surface area contributed by atoms with Gasteiger partial charge in [-0.1, -0.05) is 11.6 Å². The number of carbonyl (C=O) groups is 2. The number of aromatic nitrogens is 1. The molecule has 1 aromatic rings. The van der Waals surface area contributed by atoms with E-state index in [4.69, 9.17) is 16.3 Å². The molecule has 2 rings (SSSR count). The van der Waals surface area contributed by atoms with Gasteiger partial charge in [-0.15, -0.1) is 11.3 Å². The van der Waals surface area contributed by atoms with Crippen molar-refractivity contribution in [2.24, 2.45) is 0 Å². The Bertz CT molecular complexity index is 587. The molecule has 0 aromatic carbocycles. The van der Waals surface area contributed by atoms with Gasteiger partial charge in [0.1, 0.15) is 11.6 Å². The van der Waals surface area contributed by atoms with E-state index < -0.39 is 23.7 Å². The Labute approximate surface area is 143 Å². The lowest BCUT2D eigenvalue weighted by molar-refractivity contribution is -0.145. The smallest absolute Gasteiger partial charge is 0.410 e. The molecular weight excluding hydrogens is 342 g/mol. The molecule has 1 aliphatic rings. The standard InChI is InChI=1S/C14H20ClN3O4S/c1-14(2,3)22-13(21)18-5-4-17(10(8-18)11(19)20)7-9-6-16-12(15)23-9/h6,10H,4-5,7-8H2,1-3H3,(H,19,20)/t10-/m0/s1. The highest BCUT2D eigenvalue weighted by molar-refractivity contribution is 7.15. The molecule has 7 nitrogen and oxygen atoms in total. The molecule has 1 fully saturated rings. The molecule has 1 aromatic heterocycles. The van der Waals surface area contributed by atoms with Gasteiger partial charge in [0.2, 0.25) is 0 Å². The molecule has 0 saturated carbocycles. The highest BCUT2D eigenvalue weighted by Crippen LogP contribution is 2.22. The number of thiazole rings is 1. The summed E-state index contributed by atoms with van der Waals surface area (Å²) >= 11 is 7.13. The van der Waals surface area contributed by atoms with E-state index in [1.807, 2.05) is 4.90 Å². The fraction of sp³-hybridized carbons (Fsp3) is 0.643. The Hall–Kier alpha value is -1.38. The van der Waals surface area contributed by atoms with Gasteiger partial charge < -0.3 is 14.7 Å². The second-order valence-corrected chi connectivity index (χ2v) is 8.03. The van der Waals surface area contributed by atoms with Crippen molar-refractivity contribution in [1.82, 2.24) is 14.8 Å². The van der Waals surface area contributed by atoms with Crippen LogP contribution in [0.3, 0.4) is 0 Å². The monoisotopic (exact) mass is 361 g/mol. The highest BCUT2D eigenvalue weighted by atomic mass is 35.5. The molecule has 1 amide bonds. The van der Waals surface area contributed by atoms with E-state index in [0.717, 1.165) is 4.88 Å². The van der Waals surface area contributed by atoms with Gasteiger partial charge in [0, 0.05) is 30.7 Å². The molecule has 0 unspecified atom stereocenters. The van der Waals surface area contributed by atoms with Gasteiger partial charge >= 0.3 is 12.1 Å². The lowest BCUT2D eigenvalue weighted by Crippen LogP contribution is -2.57. The molecule has 9 heteroatoms. The summed E-state index contributed by atoms with van der Waals surface area (Å²) in [6, 6.07) is -0.780. The summed E-state index contributed by atoms with van der Waals surface area (Å²) in [5.74, 6) is -0.964. The molecule has 1 aliphatic heterocycles. The van der Waals surface area contributed by atoms with Gasteiger partial charge in [-0.25, -0.2) is 9.78 Å². The molecule has 0 spiro atoms. The predicted molar refractivity (Wildman–Crippen MR) is 86.8 cm³/mol. The van der Waals surface area contributed by atoms with Gasteiger partial charge in [0.25, 0.3) is 0 Å². The lowest BCUT2D eigenvalue weighted by atomic mass is 10.1. The highest BCUT2D eigenvalue weighted by Gasteiger charge is 2.36. The second-order valence-electron chi connectivity index (χ2n) is 6.33. The molecule has 2 heterocycles. The van der Waals surface area contributed by atoms with Gasteiger partial charge in [-0.2, -0.15) is 0 Å². The zero-order valence-electron chi connectivity index (χ0n) is 13.3. The first kappa shape index (κ1) is 18.0. The SMILES string of the molecule is CC(C)(C)OC(=O)N1CCN(Cc2cnc(Cl)s2)[C@H](C(=O)O)C1. The van der Waals surface area contributed by atoms with Gasteiger partial charge in [0.05, 0.1) is 6.54 Å². The van der Waals surface area contributed by atoms with Gasteiger partial charge in [-0.3, -0.25) is 9.69 Å². The largest absolute Gasteiger partial charge is 0.480 e. The number of amides is 1. The van der Waals surface area contributed by atoms with Crippen LogP contribution in [-0.4, -0.2) is 63.2 Å². The van der Waals surface area contributed by atoms with Crippen LogP contribution in [-0.2, 0) is 16.1 Å². The number of hydrogen-bond acceptors (Lipinski definition) is 6. The third kappa shape index (κ3) is 5.05. The number of carboxylic acids is 1. The van der Waals surface area contributed by atoms with E-state index in [2.05, 4.69) is 4.98 Å². The Kier molecular flexibility index (Phi) is 5.49. The molecule has 0 radical (unpaired) electrons. The van der Waals surface area contributed by atoms with Gasteiger partial charge in [0.15, 0.2) is 4.47 Å². The van der Waals surface area contributed by atoms with Crippen LogP contribution in [0.25, 0.3) is 0 Å². The van der Waals surface area contributed by atoms with Crippen molar-refractivity contribution in [3.63, 3.8) is 0 Å². The van der Waals surface area contributed by atoms with Crippen molar-refractivity contribution in [3.05, 3.63) is 15.5 Å². The Balaban J connectivity index is 2.03. The van der Waals surface area contributed by atoms with E-state index in [-0.39, 0.29) is 6.54 Å². The topological polar surface area (TPSA) is 83.0 Å². The minimum Gasteiger partial charge on any atom is -0.480 e. The van der Waals surface area contributed by atoms with E-state index in [1.165, 1.54) is 16.2 Å².